The number of ketones is 1. The molecule has 0 unspecified atom stereocenters. The predicted molar refractivity (Wildman–Crippen MR) is 43.7 cm³/mol. The zero-order chi connectivity index (χ0) is 10.8. The van der Waals surface area contributed by atoms with Crippen LogP contribution in [0.5, 0.6) is 5.19 Å². The van der Waals surface area contributed by atoms with Crippen molar-refractivity contribution in [2.45, 2.75) is 13.1 Å². The van der Waals surface area contributed by atoms with Crippen LogP contribution >= 0.6 is 11.3 Å². The molecule has 0 amide bonds. The Morgan fingerprint density at radius 3 is 2.71 bits per heavy atom. The number of aromatic nitrogens is 1. The Morgan fingerprint density at radius 1 is 1.64 bits per heavy atom. The van der Waals surface area contributed by atoms with E-state index < -0.39 is 12.8 Å². The number of hydrogen-bond acceptors (Lipinski definition) is 4. The first-order valence-electron chi connectivity index (χ1n) is 3.55. The molecular formula is C7H6F3NO2S. The normalized spacial score (nSPS) is 11.4. The summed E-state index contributed by atoms with van der Waals surface area (Å²) >= 11 is 0.799. The van der Waals surface area contributed by atoms with Crippen molar-refractivity contribution in [3.63, 3.8) is 0 Å². The number of halogens is 3. The van der Waals surface area contributed by atoms with E-state index in [0.717, 1.165) is 11.3 Å². The zero-order valence-corrected chi connectivity index (χ0v) is 7.91. The van der Waals surface area contributed by atoms with Crippen LogP contribution in [-0.2, 0) is 0 Å². The second-order valence-corrected chi connectivity index (χ2v) is 3.44. The molecule has 3 nitrogen and oxygen atoms in total. The predicted octanol–water partition coefficient (Wildman–Crippen LogP) is 2.29. The van der Waals surface area contributed by atoms with Crippen LogP contribution in [0.1, 0.15) is 16.6 Å². The van der Waals surface area contributed by atoms with Gasteiger partial charge in [0, 0.05) is 6.92 Å². The molecule has 0 aromatic carbocycles. The first kappa shape index (κ1) is 11.0. The molecule has 1 heterocycles. The second-order valence-electron chi connectivity index (χ2n) is 2.45. The van der Waals surface area contributed by atoms with E-state index in [4.69, 9.17) is 0 Å². The van der Waals surface area contributed by atoms with Crippen LogP contribution in [0.3, 0.4) is 0 Å². The fourth-order valence-corrected chi connectivity index (χ4v) is 1.29. The number of alkyl halides is 3. The number of thiazole rings is 1. The zero-order valence-electron chi connectivity index (χ0n) is 7.09. The van der Waals surface area contributed by atoms with Gasteiger partial charge >= 0.3 is 6.18 Å². The van der Waals surface area contributed by atoms with Crippen molar-refractivity contribution >= 4 is 17.1 Å². The van der Waals surface area contributed by atoms with E-state index in [2.05, 4.69) is 9.72 Å². The second kappa shape index (κ2) is 3.95. The van der Waals surface area contributed by atoms with Crippen molar-refractivity contribution in [3.8, 4) is 5.19 Å². The molecule has 1 aromatic rings. The number of hydrogen-bond donors (Lipinski definition) is 0. The van der Waals surface area contributed by atoms with E-state index in [-0.39, 0.29) is 15.9 Å². The average molecular weight is 225 g/mol. The summed E-state index contributed by atoms with van der Waals surface area (Å²) in [5.74, 6) is -0.246. The number of Topliss-reactive ketones (excluding diaryl/α,β-unsaturated/α-hetero) is 1. The van der Waals surface area contributed by atoms with E-state index in [0.29, 0.717) is 0 Å². The maximum absolute atomic E-state index is 11.7. The van der Waals surface area contributed by atoms with E-state index in [1.54, 1.807) is 0 Å². The van der Waals surface area contributed by atoms with Crippen molar-refractivity contribution < 1.29 is 22.7 Å². The third kappa shape index (κ3) is 3.33. The number of nitrogens with zero attached hydrogens (tertiary/aromatic N) is 1. The van der Waals surface area contributed by atoms with Crippen LogP contribution in [0.25, 0.3) is 0 Å². The van der Waals surface area contributed by atoms with Crippen LogP contribution in [0.15, 0.2) is 6.20 Å². The highest BCUT2D eigenvalue weighted by molar-refractivity contribution is 7.15. The first-order valence-corrected chi connectivity index (χ1v) is 4.36. The lowest BCUT2D eigenvalue weighted by Crippen LogP contribution is -2.19. The SMILES string of the molecule is CC(=O)c1cnc(OCC(F)(F)F)s1. The number of carbonyl (C=O) groups excluding carboxylic acids is 1. The molecule has 0 N–H and O–H groups in total. The Balaban J connectivity index is 2.56. The highest BCUT2D eigenvalue weighted by Crippen LogP contribution is 2.23. The molecule has 0 saturated heterocycles. The summed E-state index contributed by atoms with van der Waals surface area (Å²) in [7, 11) is 0. The van der Waals surface area contributed by atoms with Crippen LogP contribution in [0.2, 0.25) is 0 Å². The summed E-state index contributed by atoms with van der Waals surface area (Å²) < 4.78 is 39.4. The maximum Gasteiger partial charge on any atom is 0.422 e. The third-order valence-corrected chi connectivity index (χ3v) is 2.20. The topological polar surface area (TPSA) is 39.2 Å². The lowest BCUT2D eigenvalue weighted by molar-refractivity contribution is -0.153. The lowest BCUT2D eigenvalue weighted by Gasteiger charge is -2.05. The van der Waals surface area contributed by atoms with Crippen molar-refractivity contribution in [2.75, 3.05) is 6.61 Å². The Labute approximate surface area is 81.5 Å². The maximum atomic E-state index is 11.7. The molecule has 0 bridgehead atoms. The summed E-state index contributed by atoms with van der Waals surface area (Å²) in [6.45, 7) is -0.0844. The minimum absolute atomic E-state index is 0.146. The van der Waals surface area contributed by atoms with Crippen LogP contribution in [-0.4, -0.2) is 23.6 Å². The van der Waals surface area contributed by atoms with E-state index in [1.165, 1.54) is 13.1 Å². The van der Waals surface area contributed by atoms with Crippen LogP contribution in [0, 0.1) is 0 Å². The molecule has 1 aromatic heterocycles. The fourth-order valence-electron chi connectivity index (χ4n) is 0.631. The summed E-state index contributed by atoms with van der Waals surface area (Å²) in [6, 6.07) is 0. The Hall–Kier alpha value is -1.11. The third-order valence-electron chi connectivity index (χ3n) is 1.19. The summed E-state index contributed by atoms with van der Waals surface area (Å²) in [5.41, 5.74) is 0. The van der Waals surface area contributed by atoms with Gasteiger partial charge in [-0.3, -0.25) is 4.79 Å². The molecule has 1 rings (SSSR count). The number of carbonyl (C=O) groups is 1. The van der Waals surface area contributed by atoms with Crippen molar-refractivity contribution in [2.24, 2.45) is 0 Å². The Bertz CT molecular complexity index is 334. The molecule has 78 valence electrons. The molecule has 0 fully saturated rings. The number of ether oxygens (including phenoxy) is 1. The van der Waals surface area contributed by atoms with Gasteiger partial charge < -0.3 is 4.74 Å². The summed E-state index contributed by atoms with van der Waals surface area (Å²) in [5, 5.41) is -0.146. The summed E-state index contributed by atoms with van der Waals surface area (Å²) in [6.07, 6.45) is -3.19. The molecule has 0 radical (unpaired) electrons. The average Bonchev–Trinajstić information content (AvgIpc) is 2.47. The minimum atomic E-state index is -4.39. The van der Waals surface area contributed by atoms with Crippen molar-refractivity contribution in [1.82, 2.24) is 4.98 Å². The van der Waals surface area contributed by atoms with Crippen molar-refractivity contribution in [1.29, 1.82) is 0 Å². The van der Waals surface area contributed by atoms with Crippen LogP contribution < -0.4 is 4.74 Å². The quantitative estimate of drug-likeness (QED) is 0.741. The largest absolute Gasteiger partial charge is 0.460 e. The van der Waals surface area contributed by atoms with E-state index >= 15 is 0 Å². The molecule has 0 spiro atoms. The molecule has 0 aliphatic rings. The van der Waals surface area contributed by atoms with Gasteiger partial charge in [0.15, 0.2) is 12.4 Å². The molecule has 0 saturated carbocycles. The van der Waals surface area contributed by atoms with Gasteiger partial charge in [0.1, 0.15) is 0 Å². The minimum Gasteiger partial charge on any atom is -0.460 e. The molecule has 0 aliphatic heterocycles. The van der Waals surface area contributed by atoms with Gasteiger partial charge in [-0.2, -0.15) is 13.2 Å². The fraction of sp³-hybridized carbons (Fsp3) is 0.429. The standard InChI is InChI=1S/C7H6F3NO2S/c1-4(12)5-2-11-6(14-5)13-3-7(8,9)10/h2H,3H2,1H3. The Kier molecular flexibility index (Phi) is 3.10. The van der Waals surface area contributed by atoms with Gasteiger partial charge in [0.05, 0.1) is 11.1 Å². The molecule has 7 heteroatoms. The smallest absolute Gasteiger partial charge is 0.422 e. The molecule has 0 atom stereocenters. The highest BCUT2D eigenvalue weighted by atomic mass is 32.1. The highest BCUT2D eigenvalue weighted by Gasteiger charge is 2.29. The van der Waals surface area contributed by atoms with E-state index in [1.807, 2.05) is 0 Å². The number of rotatable bonds is 3. The van der Waals surface area contributed by atoms with Gasteiger partial charge in [0.25, 0.3) is 5.19 Å². The monoisotopic (exact) mass is 225 g/mol. The van der Waals surface area contributed by atoms with Gasteiger partial charge in [-0.25, -0.2) is 4.98 Å². The summed E-state index contributed by atoms with van der Waals surface area (Å²) in [4.78, 5) is 14.5. The Morgan fingerprint density at radius 2 is 2.29 bits per heavy atom. The van der Waals surface area contributed by atoms with Gasteiger partial charge in [-0.05, 0) is 0 Å². The lowest BCUT2D eigenvalue weighted by atomic mass is 10.4. The molecular weight excluding hydrogens is 219 g/mol. The van der Waals surface area contributed by atoms with Crippen molar-refractivity contribution in [3.05, 3.63) is 11.1 Å². The van der Waals surface area contributed by atoms with Gasteiger partial charge in [0.2, 0.25) is 0 Å². The van der Waals surface area contributed by atoms with Crippen LogP contribution in [0.4, 0.5) is 13.2 Å². The first-order chi connectivity index (χ1) is 6.38. The van der Waals surface area contributed by atoms with E-state index in [9.17, 15) is 18.0 Å². The van der Waals surface area contributed by atoms with Gasteiger partial charge in [-0.15, -0.1) is 0 Å². The molecule has 0 aliphatic carbocycles. The van der Waals surface area contributed by atoms with Gasteiger partial charge in [-0.1, -0.05) is 11.3 Å². The molecule has 14 heavy (non-hydrogen) atoms.